The van der Waals surface area contributed by atoms with Gasteiger partial charge in [0.2, 0.25) is 5.91 Å². The van der Waals surface area contributed by atoms with Crippen LogP contribution >= 0.6 is 22.9 Å². The molecule has 5 rings (SSSR count). The summed E-state index contributed by atoms with van der Waals surface area (Å²) in [5.41, 5.74) is 1.84. The number of pyridine rings is 1. The number of fused-ring (bicyclic) bond motifs is 2. The number of hydrogen-bond acceptors (Lipinski definition) is 6. The van der Waals surface area contributed by atoms with E-state index in [1.54, 1.807) is 48.7 Å². The van der Waals surface area contributed by atoms with Crippen molar-refractivity contribution in [3.63, 3.8) is 0 Å². The van der Waals surface area contributed by atoms with E-state index in [0.717, 1.165) is 9.60 Å². The molecule has 0 saturated heterocycles. The largest absolute Gasteiger partial charge is 0.280 e. The fraction of sp³-hybridized carbons (Fsp3) is 0.0870. The number of nitrogens with zero attached hydrogens (tertiary/aromatic N) is 4. The smallest absolute Gasteiger partial charge is 0.262 e. The van der Waals surface area contributed by atoms with E-state index < -0.39 is 24.3 Å². The number of anilines is 1. The number of rotatable bonds is 5. The summed E-state index contributed by atoms with van der Waals surface area (Å²) in [6.07, 6.45) is 1.64. The Morgan fingerprint density at radius 1 is 0.969 bits per heavy atom. The fourth-order valence-electron chi connectivity index (χ4n) is 3.54. The number of aromatic nitrogens is 2. The van der Waals surface area contributed by atoms with Gasteiger partial charge >= 0.3 is 0 Å². The molecule has 0 saturated carbocycles. The number of amides is 3. The summed E-state index contributed by atoms with van der Waals surface area (Å²) in [4.78, 5) is 50.1. The molecule has 0 spiro atoms. The van der Waals surface area contributed by atoms with Crippen LogP contribution in [-0.4, -0.2) is 39.1 Å². The predicted octanol–water partition coefficient (Wildman–Crippen LogP) is 4.17. The zero-order chi connectivity index (χ0) is 22.2. The second-order valence-electron chi connectivity index (χ2n) is 7.13. The zero-order valence-electron chi connectivity index (χ0n) is 16.6. The molecule has 1 aliphatic heterocycles. The molecule has 2 aromatic heterocycles. The van der Waals surface area contributed by atoms with Gasteiger partial charge in [0.1, 0.15) is 12.1 Å². The summed E-state index contributed by atoms with van der Waals surface area (Å²) in [7, 11) is 0. The highest BCUT2D eigenvalue weighted by atomic mass is 35.5. The van der Waals surface area contributed by atoms with Crippen LogP contribution in [0, 0.1) is 0 Å². The lowest BCUT2D eigenvalue weighted by atomic mass is 10.1. The van der Waals surface area contributed by atoms with Crippen molar-refractivity contribution in [2.24, 2.45) is 0 Å². The van der Waals surface area contributed by atoms with Crippen molar-refractivity contribution in [2.75, 3.05) is 11.4 Å². The molecule has 9 heteroatoms. The van der Waals surface area contributed by atoms with Gasteiger partial charge in [0.15, 0.2) is 5.13 Å². The Bertz CT molecular complexity index is 1340. The number of carbonyl (C=O) groups excluding carboxylic acids is 3. The lowest BCUT2D eigenvalue weighted by molar-refractivity contribution is -0.119. The van der Waals surface area contributed by atoms with Crippen LogP contribution in [0.5, 0.6) is 0 Å². The number of para-hydroxylation sites is 1. The van der Waals surface area contributed by atoms with Crippen molar-refractivity contribution in [1.29, 1.82) is 0 Å². The number of halogens is 1. The summed E-state index contributed by atoms with van der Waals surface area (Å²) in [6, 6.07) is 17.4. The van der Waals surface area contributed by atoms with E-state index in [1.807, 2.05) is 18.2 Å². The van der Waals surface area contributed by atoms with E-state index >= 15 is 0 Å². The van der Waals surface area contributed by atoms with E-state index in [1.165, 1.54) is 16.2 Å². The van der Waals surface area contributed by atoms with E-state index in [0.29, 0.717) is 32.5 Å². The quantitative estimate of drug-likeness (QED) is 0.415. The minimum atomic E-state index is -0.482. The van der Waals surface area contributed by atoms with Crippen molar-refractivity contribution >= 4 is 56.0 Å². The molecule has 32 heavy (non-hydrogen) atoms. The third kappa shape index (κ3) is 3.53. The van der Waals surface area contributed by atoms with Crippen LogP contribution in [0.4, 0.5) is 5.13 Å². The van der Waals surface area contributed by atoms with Crippen LogP contribution in [0.15, 0.2) is 66.9 Å². The van der Waals surface area contributed by atoms with Crippen molar-refractivity contribution in [3.05, 3.63) is 88.7 Å². The first-order valence-electron chi connectivity index (χ1n) is 9.73. The highest BCUT2D eigenvalue weighted by Crippen LogP contribution is 2.33. The summed E-state index contributed by atoms with van der Waals surface area (Å²) >= 11 is 7.58. The van der Waals surface area contributed by atoms with Crippen molar-refractivity contribution in [3.8, 4) is 0 Å². The lowest BCUT2D eigenvalue weighted by Crippen LogP contribution is -2.42. The lowest BCUT2D eigenvalue weighted by Gasteiger charge is -2.22. The second-order valence-corrected chi connectivity index (χ2v) is 8.54. The van der Waals surface area contributed by atoms with Gasteiger partial charge in [0.05, 0.1) is 33.1 Å². The van der Waals surface area contributed by atoms with Gasteiger partial charge in [-0.25, -0.2) is 4.98 Å². The predicted molar refractivity (Wildman–Crippen MR) is 122 cm³/mol. The van der Waals surface area contributed by atoms with Crippen LogP contribution in [0.2, 0.25) is 5.02 Å². The first-order valence-corrected chi connectivity index (χ1v) is 10.9. The molecule has 1 aliphatic rings. The first kappa shape index (κ1) is 20.3. The Kier molecular flexibility index (Phi) is 5.16. The summed E-state index contributed by atoms with van der Waals surface area (Å²) in [5.74, 6) is -1.41. The minimum absolute atomic E-state index is 0.139. The van der Waals surface area contributed by atoms with Crippen molar-refractivity contribution in [2.45, 2.75) is 6.54 Å². The zero-order valence-corrected chi connectivity index (χ0v) is 18.1. The van der Waals surface area contributed by atoms with Gasteiger partial charge in [0.25, 0.3) is 11.8 Å². The Labute approximate surface area is 191 Å². The molecule has 0 bridgehead atoms. The molecule has 3 heterocycles. The molecule has 7 nitrogen and oxygen atoms in total. The maximum Gasteiger partial charge on any atom is 0.262 e. The van der Waals surface area contributed by atoms with Crippen LogP contribution in [0.3, 0.4) is 0 Å². The minimum Gasteiger partial charge on any atom is -0.280 e. The van der Waals surface area contributed by atoms with E-state index in [4.69, 9.17) is 11.6 Å². The topological polar surface area (TPSA) is 83.5 Å². The Morgan fingerprint density at radius 3 is 2.34 bits per heavy atom. The molecule has 0 radical (unpaired) electrons. The molecule has 3 amide bonds. The van der Waals surface area contributed by atoms with Gasteiger partial charge in [0, 0.05) is 6.20 Å². The summed E-state index contributed by atoms with van der Waals surface area (Å²) < 4.78 is 0.826. The molecule has 0 fully saturated rings. The average Bonchev–Trinajstić information content (AvgIpc) is 3.35. The molecule has 0 unspecified atom stereocenters. The van der Waals surface area contributed by atoms with E-state index in [9.17, 15) is 14.4 Å². The molecular weight excluding hydrogens is 448 g/mol. The SMILES string of the molecule is O=C1c2ccccc2C(=O)N1CC(=O)N(Cc1ccccn1)c1nc2c(Cl)cccc2s1. The highest BCUT2D eigenvalue weighted by Gasteiger charge is 2.37. The van der Waals surface area contributed by atoms with Crippen LogP contribution in [0.1, 0.15) is 26.4 Å². The number of thiazole rings is 1. The van der Waals surface area contributed by atoms with Gasteiger partial charge < -0.3 is 0 Å². The molecule has 2 aromatic carbocycles. The number of benzene rings is 2. The van der Waals surface area contributed by atoms with Gasteiger partial charge in [-0.15, -0.1) is 0 Å². The average molecular weight is 463 g/mol. The van der Waals surface area contributed by atoms with Crippen molar-refractivity contribution < 1.29 is 14.4 Å². The van der Waals surface area contributed by atoms with Gasteiger partial charge in [-0.2, -0.15) is 0 Å². The Morgan fingerprint density at radius 2 is 1.69 bits per heavy atom. The maximum atomic E-state index is 13.4. The fourth-order valence-corrected chi connectivity index (χ4v) is 4.82. The summed E-state index contributed by atoms with van der Waals surface area (Å²) in [5, 5.41) is 0.899. The van der Waals surface area contributed by atoms with Gasteiger partial charge in [-0.3, -0.25) is 29.2 Å². The third-order valence-corrected chi connectivity index (χ3v) is 6.46. The molecule has 0 aliphatic carbocycles. The molecule has 158 valence electrons. The monoisotopic (exact) mass is 462 g/mol. The second kappa shape index (κ2) is 8.14. The Balaban J connectivity index is 1.49. The maximum absolute atomic E-state index is 13.4. The molecule has 0 N–H and O–H groups in total. The van der Waals surface area contributed by atoms with Crippen LogP contribution in [-0.2, 0) is 11.3 Å². The molecule has 4 aromatic rings. The van der Waals surface area contributed by atoms with Crippen LogP contribution < -0.4 is 4.90 Å². The first-order chi connectivity index (χ1) is 15.5. The molecular formula is C23H15ClN4O3S. The number of hydrogen-bond donors (Lipinski definition) is 0. The molecule has 0 atom stereocenters. The standard InChI is InChI=1S/C23H15ClN4O3S/c24-17-9-5-10-18-20(17)26-23(32-18)27(12-14-6-3-4-11-25-14)19(29)13-28-21(30)15-7-1-2-8-16(15)22(28)31/h1-11H,12-13H2. The normalized spacial score (nSPS) is 13.0. The number of carbonyl (C=O) groups is 3. The van der Waals surface area contributed by atoms with Crippen molar-refractivity contribution in [1.82, 2.24) is 14.9 Å². The number of imide groups is 1. The van der Waals surface area contributed by atoms with E-state index in [-0.39, 0.29) is 6.54 Å². The van der Waals surface area contributed by atoms with Gasteiger partial charge in [-0.1, -0.05) is 47.2 Å². The summed E-state index contributed by atoms with van der Waals surface area (Å²) in [6.45, 7) is -0.261. The van der Waals surface area contributed by atoms with Gasteiger partial charge in [-0.05, 0) is 36.4 Å². The highest BCUT2D eigenvalue weighted by molar-refractivity contribution is 7.22. The van der Waals surface area contributed by atoms with E-state index in [2.05, 4.69) is 9.97 Å². The Hall–Kier alpha value is -3.62. The van der Waals surface area contributed by atoms with Crippen LogP contribution in [0.25, 0.3) is 10.2 Å². The third-order valence-electron chi connectivity index (χ3n) is 5.11.